The molecule has 20 heteroatoms. The fourth-order valence-corrected chi connectivity index (χ4v) is 8.19. The quantitative estimate of drug-likeness (QED) is 0.0419. The second kappa shape index (κ2) is 26.0. The first-order chi connectivity index (χ1) is 35.0. The number of fused-ring (bicyclic) bond motifs is 1. The van der Waals surface area contributed by atoms with Gasteiger partial charge in [0.15, 0.2) is 0 Å². The molecule has 0 saturated carbocycles. The molecular formula is C53H58N8O12. The molecule has 6 atom stereocenters. The Kier molecular flexibility index (Phi) is 19.1. The topological polar surface area (TPSA) is 302 Å². The molecule has 6 rings (SSSR count). The SMILES string of the molecule is C[C@H](NC(=O)CNC(=O)CNC(=O)[C@H](Cc1ccc(O)cc1)NC(=O)[C@H](Cc1ccccc1)NC(=O)[C@H](Cc1ccccc1)NC(=O)CNC(=O)Cc1ccc2ccccc2c1)C(=O)N1C[C@H](O)C[C@H]1C(=O)O. The molecule has 10 N–H and O–H groups in total. The van der Waals surface area contributed by atoms with Crippen LogP contribution in [-0.2, 0) is 68.8 Å². The first-order valence-corrected chi connectivity index (χ1v) is 23.6. The van der Waals surface area contributed by atoms with Crippen molar-refractivity contribution in [1.29, 1.82) is 0 Å². The second-order valence-electron chi connectivity index (χ2n) is 17.6. The minimum absolute atomic E-state index is 0.00665. The third kappa shape index (κ3) is 16.5. The number of benzene rings is 5. The molecule has 0 aromatic heterocycles. The predicted molar refractivity (Wildman–Crippen MR) is 266 cm³/mol. The van der Waals surface area contributed by atoms with E-state index in [0.717, 1.165) is 21.2 Å². The number of nitrogens with zero attached hydrogens (tertiary/aromatic N) is 1. The first-order valence-electron chi connectivity index (χ1n) is 23.6. The van der Waals surface area contributed by atoms with Crippen LogP contribution in [0.15, 0.2) is 127 Å². The van der Waals surface area contributed by atoms with Gasteiger partial charge in [0.05, 0.1) is 32.2 Å². The maximum atomic E-state index is 14.4. The number of β-amino-alcohol motifs (C(OH)–C–C–N with tert-alkyl or cyclic N) is 1. The van der Waals surface area contributed by atoms with Crippen LogP contribution >= 0.6 is 0 Å². The standard InChI is InChI=1S/C53H58N8O12/c1-32(52(71)61-31-40(63)27-44(61)53(72)73)57-47(66)29-55-46(65)28-56-49(68)41(25-35-17-20-39(62)21-18-35)59-51(70)43(24-34-12-6-3-7-13-34)60-50(69)42(23-33-10-4-2-5-11-33)58-48(67)30-54-45(64)26-36-16-19-37-14-8-9-15-38(37)22-36/h2-22,32,40-44,62-63H,23-31H2,1H3,(H,54,64)(H,55,65)(H,56,68)(H,57,66)(H,58,67)(H,59,70)(H,60,69)(H,72,73)/t32-,40+,41-,42-,43-,44-/m0/s1. The van der Waals surface area contributed by atoms with Crippen LogP contribution in [0.2, 0.25) is 0 Å². The van der Waals surface area contributed by atoms with Crippen LogP contribution in [-0.4, -0.2) is 136 Å². The Morgan fingerprint density at radius 2 is 1.01 bits per heavy atom. The third-order valence-electron chi connectivity index (χ3n) is 11.9. The molecule has 73 heavy (non-hydrogen) atoms. The maximum Gasteiger partial charge on any atom is 0.326 e. The van der Waals surface area contributed by atoms with Gasteiger partial charge in [0.25, 0.3) is 0 Å². The van der Waals surface area contributed by atoms with E-state index in [0.29, 0.717) is 16.7 Å². The monoisotopic (exact) mass is 998 g/mol. The molecule has 0 aliphatic carbocycles. The van der Waals surface area contributed by atoms with Crippen LogP contribution in [0.1, 0.15) is 35.6 Å². The molecule has 1 aliphatic rings. The van der Waals surface area contributed by atoms with Crippen LogP contribution in [0.25, 0.3) is 10.8 Å². The van der Waals surface area contributed by atoms with Crippen molar-refractivity contribution < 1.29 is 58.5 Å². The van der Waals surface area contributed by atoms with Crippen molar-refractivity contribution in [3.8, 4) is 5.75 Å². The van der Waals surface area contributed by atoms with E-state index >= 15 is 0 Å². The van der Waals surface area contributed by atoms with Gasteiger partial charge in [0, 0.05) is 32.2 Å². The molecule has 5 aromatic rings. The van der Waals surface area contributed by atoms with Crippen LogP contribution < -0.4 is 37.2 Å². The van der Waals surface area contributed by atoms with Crippen molar-refractivity contribution in [3.05, 3.63) is 150 Å². The Morgan fingerprint density at radius 3 is 1.60 bits per heavy atom. The molecule has 1 saturated heterocycles. The normalized spacial score (nSPS) is 15.6. The van der Waals surface area contributed by atoms with Gasteiger partial charge >= 0.3 is 5.97 Å². The molecule has 5 aromatic carbocycles. The lowest BCUT2D eigenvalue weighted by molar-refractivity contribution is -0.149. The summed E-state index contributed by atoms with van der Waals surface area (Å²) in [6.45, 7) is -0.637. The number of carboxylic acid groups (broad SMARTS) is 1. The number of phenolic OH excluding ortho intramolecular Hbond substituents is 1. The summed E-state index contributed by atoms with van der Waals surface area (Å²) in [4.78, 5) is 120. The first kappa shape index (κ1) is 53.7. The zero-order chi connectivity index (χ0) is 52.4. The van der Waals surface area contributed by atoms with Gasteiger partial charge in [-0.15, -0.1) is 0 Å². The van der Waals surface area contributed by atoms with Gasteiger partial charge in [-0.25, -0.2) is 4.79 Å². The van der Waals surface area contributed by atoms with Crippen LogP contribution in [0, 0.1) is 0 Å². The summed E-state index contributed by atoms with van der Waals surface area (Å²) in [5.74, 6) is -7.18. The number of carbonyl (C=O) groups excluding carboxylic acids is 8. The number of carboxylic acids is 1. The highest BCUT2D eigenvalue weighted by Gasteiger charge is 2.40. The Bertz CT molecular complexity index is 2780. The van der Waals surface area contributed by atoms with Crippen molar-refractivity contribution in [1.82, 2.24) is 42.1 Å². The van der Waals surface area contributed by atoms with Gasteiger partial charge < -0.3 is 57.4 Å². The number of likely N-dealkylation sites (tertiary alicyclic amines) is 1. The molecule has 0 radical (unpaired) electrons. The number of aliphatic carboxylic acids is 1. The van der Waals surface area contributed by atoms with E-state index in [-0.39, 0.29) is 44.4 Å². The van der Waals surface area contributed by atoms with Crippen LogP contribution in [0.4, 0.5) is 0 Å². The highest BCUT2D eigenvalue weighted by molar-refractivity contribution is 5.97. The molecule has 382 valence electrons. The maximum absolute atomic E-state index is 14.4. The van der Waals surface area contributed by atoms with Gasteiger partial charge in [-0.3, -0.25) is 38.4 Å². The summed E-state index contributed by atoms with van der Waals surface area (Å²) >= 11 is 0. The zero-order valence-corrected chi connectivity index (χ0v) is 39.9. The summed E-state index contributed by atoms with van der Waals surface area (Å²) in [6, 6.07) is 30.3. The Morgan fingerprint density at radius 1 is 0.534 bits per heavy atom. The molecule has 20 nitrogen and oxygen atoms in total. The highest BCUT2D eigenvalue weighted by Crippen LogP contribution is 2.20. The molecule has 1 heterocycles. The number of hydrogen-bond donors (Lipinski definition) is 10. The van der Waals surface area contributed by atoms with Crippen molar-refractivity contribution in [2.45, 2.75) is 75.3 Å². The lowest BCUT2D eigenvalue weighted by Gasteiger charge is -2.26. The third-order valence-corrected chi connectivity index (χ3v) is 11.9. The number of phenols is 1. The second-order valence-corrected chi connectivity index (χ2v) is 17.6. The van der Waals surface area contributed by atoms with E-state index in [1.165, 1.54) is 31.2 Å². The molecule has 0 bridgehead atoms. The van der Waals surface area contributed by atoms with E-state index in [1.807, 2.05) is 42.5 Å². The number of carbonyl (C=O) groups is 9. The molecule has 1 aliphatic heterocycles. The largest absolute Gasteiger partial charge is 0.508 e. The Hall–Kier alpha value is -8.65. The number of amides is 8. The number of aliphatic hydroxyl groups excluding tert-OH is 1. The van der Waals surface area contributed by atoms with E-state index in [1.54, 1.807) is 60.7 Å². The molecule has 1 fully saturated rings. The van der Waals surface area contributed by atoms with Gasteiger partial charge in [-0.05, 0) is 52.1 Å². The Labute approximate surface area is 420 Å². The van der Waals surface area contributed by atoms with E-state index in [4.69, 9.17) is 0 Å². The van der Waals surface area contributed by atoms with E-state index < -0.39 is 109 Å². The van der Waals surface area contributed by atoms with E-state index in [2.05, 4.69) is 37.2 Å². The lowest BCUT2D eigenvalue weighted by atomic mass is 10.0. The summed E-state index contributed by atoms with van der Waals surface area (Å²) < 4.78 is 0. The fourth-order valence-electron chi connectivity index (χ4n) is 8.19. The van der Waals surface area contributed by atoms with Crippen LogP contribution in [0.5, 0.6) is 5.75 Å². The molecule has 0 unspecified atom stereocenters. The van der Waals surface area contributed by atoms with Gasteiger partial charge in [-0.2, -0.15) is 0 Å². The fraction of sp³-hybridized carbons (Fsp3) is 0.302. The number of nitrogens with one attached hydrogen (secondary N) is 7. The number of rotatable bonds is 23. The smallest absolute Gasteiger partial charge is 0.326 e. The average Bonchev–Trinajstić information content (AvgIpc) is 3.78. The molecule has 8 amide bonds. The lowest BCUT2D eigenvalue weighted by Crippen LogP contribution is -2.58. The number of hydrogen-bond acceptors (Lipinski definition) is 11. The van der Waals surface area contributed by atoms with Crippen molar-refractivity contribution >= 4 is 64.0 Å². The minimum Gasteiger partial charge on any atom is -0.508 e. The van der Waals surface area contributed by atoms with Gasteiger partial charge in [-0.1, -0.05) is 115 Å². The van der Waals surface area contributed by atoms with Gasteiger partial charge in [0.1, 0.15) is 36.0 Å². The predicted octanol–water partition coefficient (Wildman–Crippen LogP) is 0.170. The molecule has 0 spiro atoms. The highest BCUT2D eigenvalue weighted by atomic mass is 16.4. The zero-order valence-electron chi connectivity index (χ0n) is 39.9. The summed E-state index contributed by atoms with van der Waals surface area (Å²) in [7, 11) is 0. The van der Waals surface area contributed by atoms with Crippen LogP contribution in [0.3, 0.4) is 0 Å². The Balaban J connectivity index is 1.10. The van der Waals surface area contributed by atoms with Gasteiger partial charge in [0.2, 0.25) is 47.3 Å². The number of aromatic hydroxyl groups is 1. The van der Waals surface area contributed by atoms with E-state index in [9.17, 15) is 58.5 Å². The summed E-state index contributed by atoms with van der Waals surface area (Å²) in [6.07, 6.45) is -1.39. The number of aliphatic hydroxyl groups is 1. The minimum atomic E-state index is -1.37. The van der Waals surface area contributed by atoms with Crippen molar-refractivity contribution in [2.75, 3.05) is 26.2 Å². The van der Waals surface area contributed by atoms with Crippen molar-refractivity contribution in [2.24, 2.45) is 0 Å². The molecular weight excluding hydrogens is 941 g/mol. The summed E-state index contributed by atoms with van der Waals surface area (Å²) in [5, 5.41) is 49.1. The van der Waals surface area contributed by atoms with Crippen molar-refractivity contribution in [3.63, 3.8) is 0 Å². The summed E-state index contributed by atoms with van der Waals surface area (Å²) in [5.41, 5.74) is 2.57. The average molecular weight is 999 g/mol.